The minimum absolute atomic E-state index is 0.281. The van der Waals surface area contributed by atoms with Crippen LogP contribution >= 0.6 is 0 Å². The van der Waals surface area contributed by atoms with E-state index in [4.69, 9.17) is 0 Å². The van der Waals surface area contributed by atoms with Crippen LogP contribution < -0.4 is 0 Å². The topological polar surface area (TPSA) is 20.3 Å². The standard InChI is InChI=1S/C15H25NO/c1-3-16-11-5-4-6-14(15(16)17)13-9-7-12(2)8-10-13/h3,12-14H,1,4-11H2,2H3. The first-order chi connectivity index (χ1) is 8.22. The number of amides is 1. The monoisotopic (exact) mass is 235 g/mol. The summed E-state index contributed by atoms with van der Waals surface area (Å²) in [6, 6.07) is 0. The molecule has 0 aromatic rings. The van der Waals surface area contributed by atoms with Gasteiger partial charge in [0.05, 0.1) is 0 Å². The maximum absolute atomic E-state index is 12.4. The van der Waals surface area contributed by atoms with E-state index in [1.54, 1.807) is 6.20 Å². The van der Waals surface area contributed by atoms with E-state index < -0.39 is 0 Å². The van der Waals surface area contributed by atoms with E-state index in [2.05, 4.69) is 13.5 Å². The second kappa shape index (κ2) is 5.70. The molecule has 0 radical (unpaired) electrons. The summed E-state index contributed by atoms with van der Waals surface area (Å²) in [4.78, 5) is 14.3. The van der Waals surface area contributed by atoms with E-state index in [9.17, 15) is 4.79 Å². The van der Waals surface area contributed by atoms with Crippen LogP contribution in [0, 0.1) is 17.8 Å². The molecule has 1 aliphatic carbocycles. The summed E-state index contributed by atoms with van der Waals surface area (Å²) >= 11 is 0. The van der Waals surface area contributed by atoms with Crippen molar-refractivity contribution in [3.8, 4) is 0 Å². The van der Waals surface area contributed by atoms with Crippen LogP contribution in [0.5, 0.6) is 0 Å². The Kier molecular flexibility index (Phi) is 4.25. The number of nitrogens with zero attached hydrogens (tertiary/aromatic N) is 1. The molecule has 1 atom stereocenters. The van der Waals surface area contributed by atoms with Gasteiger partial charge in [0.25, 0.3) is 0 Å². The number of rotatable bonds is 2. The summed E-state index contributed by atoms with van der Waals surface area (Å²) in [7, 11) is 0. The number of likely N-dealkylation sites (tertiary alicyclic amines) is 1. The molecule has 2 heteroatoms. The van der Waals surface area contributed by atoms with Crippen LogP contribution in [0.3, 0.4) is 0 Å². The SMILES string of the molecule is C=CN1CCCCC(C2CCC(C)CC2)C1=O. The lowest BCUT2D eigenvalue weighted by molar-refractivity contribution is -0.134. The van der Waals surface area contributed by atoms with Crippen LogP contribution in [0.2, 0.25) is 0 Å². The molecule has 0 N–H and O–H groups in total. The Morgan fingerprint density at radius 2 is 1.88 bits per heavy atom. The second-order valence-corrected chi connectivity index (χ2v) is 5.84. The Morgan fingerprint density at radius 1 is 1.18 bits per heavy atom. The number of hydrogen-bond donors (Lipinski definition) is 0. The Balaban J connectivity index is 2.02. The Labute approximate surface area is 105 Å². The molecular formula is C15H25NO. The van der Waals surface area contributed by atoms with E-state index in [0.717, 1.165) is 25.3 Å². The van der Waals surface area contributed by atoms with E-state index in [0.29, 0.717) is 11.8 Å². The fraction of sp³-hybridized carbons (Fsp3) is 0.800. The normalized spacial score (nSPS) is 35.5. The van der Waals surface area contributed by atoms with Crippen molar-refractivity contribution in [2.45, 2.75) is 51.9 Å². The maximum atomic E-state index is 12.4. The zero-order chi connectivity index (χ0) is 12.3. The van der Waals surface area contributed by atoms with Crippen molar-refractivity contribution < 1.29 is 4.79 Å². The highest BCUT2D eigenvalue weighted by atomic mass is 16.2. The van der Waals surface area contributed by atoms with Crippen LogP contribution in [0.25, 0.3) is 0 Å². The molecule has 2 rings (SSSR count). The summed E-state index contributed by atoms with van der Waals surface area (Å²) in [6.45, 7) is 6.98. The summed E-state index contributed by atoms with van der Waals surface area (Å²) in [6.07, 6.45) is 10.3. The second-order valence-electron chi connectivity index (χ2n) is 5.84. The van der Waals surface area contributed by atoms with E-state index in [1.807, 2.05) is 4.90 Å². The third kappa shape index (κ3) is 2.91. The van der Waals surface area contributed by atoms with Crippen LogP contribution in [-0.2, 0) is 4.79 Å². The highest BCUT2D eigenvalue weighted by molar-refractivity contribution is 5.80. The molecule has 17 heavy (non-hydrogen) atoms. The van der Waals surface area contributed by atoms with Crippen molar-refractivity contribution in [1.29, 1.82) is 0 Å². The van der Waals surface area contributed by atoms with Gasteiger partial charge in [0.2, 0.25) is 5.91 Å². The van der Waals surface area contributed by atoms with Gasteiger partial charge in [-0.05, 0) is 43.7 Å². The zero-order valence-corrected chi connectivity index (χ0v) is 11.0. The van der Waals surface area contributed by atoms with Gasteiger partial charge in [-0.1, -0.05) is 32.8 Å². The molecule has 1 saturated heterocycles. The smallest absolute Gasteiger partial charge is 0.229 e. The fourth-order valence-electron chi connectivity index (χ4n) is 3.40. The first-order valence-corrected chi connectivity index (χ1v) is 7.15. The Morgan fingerprint density at radius 3 is 2.53 bits per heavy atom. The summed E-state index contributed by atoms with van der Waals surface area (Å²) < 4.78 is 0. The average molecular weight is 235 g/mol. The lowest BCUT2D eigenvalue weighted by Crippen LogP contribution is -2.35. The molecule has 1 heterocycles. The summed E-state index contributed by atoms with van der Waals surface area (Å²) in [5.74, 6) is 2.13. The first kappa shape index (κ1) is 12.7. The van der Waals surface area contributed by atoms with Crippen molar-refractivity contribution in [3.05, 3.63) is 12.8 Å². The molecule has 0 aromatic heterocycles. The first-order valence-electron chi connectivity index (χ1n) is 7.15. The molecule has 96 valence electrons. The molecule has 2 aliphatic rings. The van der Waals surface area contributed by atoms with Gasteiger partial charge in [0, 0.05) is 12.5 Å². The highest BCUT2D eigenvalue weighted by Crippen LogP contribution is 2.37. The third-order valence-electron chi connectivity index (χ3n) is 4.61. The average Bonchev–Trinajstić information content (AvgIpc) is 2.52. The fourth-order valence-corrected chi connectivity index (χ4v) is 3.40. The van der Waals surface area contributed by atoms with Gasteiger partial charge in [0.1, 0.15) is 0 Å². The minimum Gasteiger partial charge on any atom is -0.319 e. The van der Waals surface area contributed by atoms with Crippen molar-refractivity contribution in [3.63, 3.8) is 0 Å². The van der Waals surface area contributed by atoms with Crippen molar-refractivity contribution in [2.24, 2.45) is 17.8 Å². The number of carbonyl (C=O) groups is 1. The van der Waals surface area contributed by atoms with Crippen LogP contribution in [0.15, 0.2) is 12.8 Å². The summed E-state index contributed by atoms with van der Waals surface area (Å²) in [5.41, 5.74) is 0. The molecule has 1 aliphatic heterocycles. The van der Waals surface area contributed by atoms with Gasteiger partial charge >= 0.3 is 0 Å². The van der Waals surface area contributed by atoms with Gasteiger partial charge in [-0.25, -0.2) is 0 Å². The van der Waals surface area contributed by atoms with Crippen LogP contribution in [-0.4, -0.2) is 17.4 Å². The molecular weight excluding hydrogens is 210 g/mol. The lowest BCUT2D eigenvalue weighted by atomic mass is 9.74. The van der Waals surface area contributed by atoms with E-state index in [1.165, 1.54) is 32.1 Å². The predicted octanol–water partition coefficient (Wildman–Crippen LogP) is 3.58. The Hall–Kier alpha value is -0.790. The van der Waals surface area contributed by atoms with E-state index >= 15 is 0 Å². The third-order valence-corrected chi connectivity index (χ3v) is 4.61. The minimum atomic E-state index is 0.281. The zero-order valence-electron chi connectivity index (χ0n) is 11.0. The molecule has 0 aromatic carbocycles. The molecule has 2 nitrogen and oxygen atoms in total. The quantitative estimate of drug-likeness (QED) is 0.716. The lowest BCUT2D eigenvalue weighted by Gasteiger charge is -2.32. The van der Waals surface area contributed by atoms with Gasteiger partial charge in [0.15, 0.2) is 0 Å². The molecule has 1 unspecified atom stereocenters. The largest absolute Gasteiger partial charge is 0.319 e. The van der Waals surface area contributed by atoms with Crippen molar-refractivity contribution >= 4 is 5.91 Å². The van der Waals surface area contributed by atoms with Crippen LogP contribution in [0.4, 0.5) is 0 Å². The van der Waals surface area contributed by atoms with Crippen molar-refractivity contribution in [1.82, 2.24) is 4.90 Å². The summed E-state index contributed by atoms with van der Waals surface area (Å²) in [5, 5.41) is 0. The molecule has 0 spiro atoms. The maximum Gasteiger partial charge on any atom is 0.229 e. The van der Waals surface area contributed by atoms with Gasteiger partial charge in [-0.2, -0.15) is 0 Å². The Bertz CT molecular complexity index is 279. The molecule has 1 amide bonds. The molecule has 1 saturated carbocycles. The van der Waals surface area contributed by atoms with Crippen molar-refractivity contribution in [2.75, 3.05) is 6.54 Å². The molecule has 0 bridgehead atoms. The van der Waals surface area contributed by atoms with Gasteiger partial charge in [-0.3, -0.25) is 4.79 Å². The molecule has 2 fully saturated rings. The highest BCUT2D eigenvalue weighted by Gasteiger charge is 2.33. The van der Waals surface area contributed by atoms with Gasteiger partial charge < -0.3 is 4.90 Å². The van der Waals surface area contributed by atoms with Crippen LogP contribution in [0.1, 0.15) is 51.9 Å². The number of hydrogen-bond acceptors (Lipinski definition) is 1. The number of carbonyl (C=O) groups excluding carboxylic acids is 1. The van der Waals surface area contributed by atoms with Gasteiger partial charge in [-0.15, -0.1) is 0 Å². The predicted molar refractivity (Wildman–Crippen MR) is 70.4 cm³/mol. The van der Waals surface area contributed by atoms with E-state index in [-0.39, 0.29) is 5.92 Å².